The number of hydrogen-bond acceptors (Lipinski definition) is 15. The monoisotopic (exact) mass is 641 g/mol. The minimum atomic E-state index is -4.96. The first-order valence-electron chi connectivity index (χ1n) is 13.5. The van der Waals surface area contributed by atoms with E-state index in [1.54, 1.807) is 0 Å². The van der Waals surface area contributed by atoms with Gasteiger partial charge in [0.2, 0.25) is 0 Å². The maximum atomic E-state index is 11.1. The van der Waals surface area contributed by atoms with Crippen molar-refractivity contribution in [3.05, 3.63) is 12.7 Å². The summed E-state index contributed by atoms with van der Waals surface area (Å²) in [7, 11) is -4.96. The molecule has 1 fully saturated rings. The highest BCUT2D eigenvalue weighted by molar-refractivity contribution is 7.99. The van der Waals surface area contributed by atoms with Crippen molar-refractivity contribution in [3.63, 3.8) is 0 Å². The van der Waals surface area contributed by atoms with Crippen molar-refractivity contribution in [1.82, 2.24) is 19.5 Å². The van der Waals surface area contributed by atoms with Gasteiger partial charge in [-0.05, 0) is 19.4 Å². The number of aromatic nitrogens is 4. The highest BCUT2D eigenvalue weighted by Crippen LogP contribution is 2.43. The van der Waals surface area contributed by atoms with Gasteiger partial charge in [0.1, 0.15) is 29.1 Å². The number of phosphoric acid groups is 1. The number of phosphoric ester groups is 1. The van der Waals surface area contributed by atoms with Gasteiger partial charge in [-0.2, -0.15) is 0 Å². The Hall–Kier alpha value is -1.35. The summed E-state index contributed by atoms with van der Waals surface area (Å²) in [4.78, 5) is 30.8. The Balaban J connectivity index is 1.24. The third kappa shape index (κ3) is 12.0. The summed E-state index contributed by atoms with van der Waals surface area (Å²) in [5.74, 6) is 0.690. The van der Waals surface area contributed by atoms with Crippen LogP contribution in [0.1, 0.15) is 19.1 Å². The van der Waals surface area contributed by atoms with Crippen molar-refractivity contribution in [3.8, 4) is 0 Å². The van der Waals surface area contributed by atoms with E-state index in [0.29, 0.717) is 94.6 Å². The molecule has 4 unspecified atom stereocenters. The molecular formula is C23H40N5O12PS. The van der Waals surface area contributed by atoms with Gasteiger partial charge in [-0.1, -0.05) is 0 Å². The summed E-state index contributed by atoms with van der Waals surface area (Å²) in [6.45, 7) is 5.76. The predicted octanol–water partition coefficient (Wildman–Crippen LogP) is -0.574. The molecule has 3 heterocycles. The number of nitrogens with zero attached hydrogens (tertiary/aromatic N) is 4. The van der Waals surface area contributed by atoms with Gasteiger partial charge in [0.15, 0.2) is 18.2 Å². The minimum absolute atomic E-state index is 0.314. The Morgan fingerprint density at radius 3 is 2.00 bits per heavy atom. The van der Waals surface area contributed by atoms with E-state index in [0.717, 1.165) is 12.8 Å². The van der Waals surface area contributed by atoms with Gasteiger partial charge in [0.25, 0.3) is 0 Å². The lowest BCUT2D eigenvalue weighted by Crippen LogP contribution is -2.32. The second kappa shape index (κ2) is 19.1. The molecule has 42 heavy (non-hydrogen) atoms. The highest BCUT2D eigenvalue weighted by atomic mass is 32.2. The van der Waals surface area contributed by atoms with Crippen molar-refractivity contribution < 1.29 is 57.5 Å². The molecule has 0 aliphatic carbocycles. The molecule has 6 N–H and O–H groups in total. The van der Waals surface area contributed by atoms with Crippen molar-refractivity contribution in [1.29, 1.82) is 0 Å². The lowest BCUT2D eigenvalue weighted by molar-refractivity contribution is -0.134. The van der Waals surface area contributed by atoms with Crippen LogP contribution in [0.3, 0.4) is 0 Å². The summed E-state index contributed by atoms with van der Waals surface area (Å²) in [6.07, 6.45) is -1.93. The Morgan fingerprint density at radius 2 is 1.43 bits per heavy atom. The number of aliphatic hydroxyl groups is 2. The van der Waals surface area contributed by atoms with E-state index in [9.17, 15) is 14.8 Å². The van der Waals surface area contributed by atoms with Crippen molar-refractivity contribution in [2.45, 2.75) is 42.6 Å². The molecule has 17 nitrogen and oxygen atoms in total. The molecule has 0 bridgehead atoms. The summed E-state index contributed by atoms with van der Waals surface area (Å²) >= 11 is 1.45. The van der Waals surface area contributed by atoms with E-state index in [2.05, 4.69) is 19.5 Å². The molecule has 1 saturated heterocycles. The van der Waals surface area contributed by atoms with Gasteiger partial charge in [0, 0.05) is 19.0 Å². The predicted molar refractivity (Wildman–Crippen MR) is 147 cm³/mol. The number of fused-ring (bicyclic) bond motifs is 1. The Labute approximate surface area is 247 Å². The van der Waals surface area contributed by atoms with Crippen LogP contribution in [-0.4, -0.2) is 136 Å². The van der Waals surface area contributed by atoms with Gasteiger partial charge in [-0.25, -0.2) is 19.5 Å². The maximum Gasteiger partial charge on any atom is 0.472 e. The summed E-state index contributed by atoms with van der Waals surface area (Å²) in [5.41, 5.74) is 6.15. The van der Waals surface area contributed by atoms with E-state index in [-0.39, 0.29) is 0 Å². The van der Waals surface area contributed by atoms with Crippen LogP contribution >= 0.6 is 19.6 Å². The fourth-order valence-electron chi connectivity index (χ4n) is 3.70. The van der Waals surface area contributed by atoms with Crippen LogP contribution in [-0.2, 0) is 37.5 Å². The smallest absolute Gasteiger partial charge is 0.385 e. The molecule has 19 heteroatoms. The van der Waals surface area contributed by atoms with Gasteiger partial charge < -0.3 is 54.2 Å². The fourth-order valence-corrected chi connectivity index (χ4v) is 5.00. The van der Waals surface area contributed by atoms with Crippen molar-refractivity contribution >= 4 is 30.7 Å². The maximum absolute atomic E-state index is 11.1. The Kier molecular flexibility index (Phi) is 16.0. The van der Waals surface area contributed by atoms with Crippen LogP contribution in [0, 0.1) is 0 Å². The van der Waals surface area contributed by atoms with E-state index >= 15 is 0 Å². The summed E-state index contributed by atoms with van der Waals surface area (Å²) in [6, 6.07) is 0. The second-order valence-electron chi connectivity index (χ2n) is 8.88. The molecule has 240 valence electrons. The first-order valence-corrected chi connectivity index (χ1v) is 16.0. The van der Waals surface area contributed by atoms with Crippen LogP contribution < -0.4 is 5.73 Å². The molecule has 3 rings (SSSR count). The van der Waals surface area contributed by atoms with Gasteiger partial charge >= 0.3 is 7.82 Å². The average molecular weight is 642 g/mol. The summed E-state index contributed by atoms with van der Waals surface area (Å²) < 4.78 is 49.5. The lowest BCUT2D eigenvalue weighted by atomic mass is 10.2. The van der Waals surface area contributed by atoms with Crippen LogP contribution in [0.2, 0.25) is 0 Å². The molecule has 1 aliphatic rings. The zero-order chi connectivity index (χ0) is 30.2. The van der Waals surface area contributed by atoms with E-state index in [4.69, 9.17) is 43.9 Å². The topological polar surface area (TPSA) is 232 Å². The first-order chi connectivity index (χ1) is 20.3. The molecule has 0 radical (unpaired) electrons. The van der Waals surface area contributed by atoms with Crippen LogP contribution in [0.5, 0.6) is 0 Å². The van der Waals surface area contributed by atoms with Crippen LogP contribution in [0.25, 0.3) is 11.2 Å². The third-order valence-corrected chi connectivity index (χ3v) is 7.24. The molecular weight excluding hydrogens is 601 g/mol. The van der Waals surface area contributed by atoms with Gasteiger partial charge in [-0.15, -0.1) is 11.8 Å². The van der Waals surface area contributed by atoms with E-state index in [1.165, 1.54) is 29.0 Å². The zero-order valence-corrected chi connectivity index (χ0v) is 24.9. The molecule has 1 aliphatic heterocycles. The number of imidazole rings is 1. The number of thioether (sulfide) groups is 1. The average Bonchev–Trinajstić information content (AvgIpc) is 3.50. The number of aliphatic hydroxyl groups excluding tert-OH is 2. The van der Waals surface area contributed by atoms with Gasteiger partial charge in [-0.3, -0.25) is 9.09 Å². The van der Waals surface area contributed by atoms with Crippen LogP contribution in [0.4, 0.5) is 0 Å². The molecule has 2 aromatic rings. The van der Waals surface area contributed by atoms with E-state index < -0.39 is 32.5 Å². The quantitative estimate of drug-likeness (QED) is 0.0442. The van der Waals surface area contributed by atoms with Gasteiger partial charge in [0.05, 0.1) is 59.2 Å². The second-order valence-corrected chi connectivity index (χ2v) is 11.2. The fraction of sp³-hybridized carbons (Fsp3) is 0.783. The largest absolute Gasteiger partial charge is 0.472 e. The molecule has 0 spiro atoms. The Morgan fingerprint density at radius 1 is 0.857 bits per heavy atom. The molecule has 0 amide bonds. The van der Waals surface area contributed by atoms with Crippen molar-refractivity contribution in [2.75, 3.05) is 78.4 Å². The number of hydrogen-bond donors (Lipinski definition) is 5. The zero-order valence-electron chi connectivity index (χ0n) is 23.1. The minimum Gasteiger partial charge on any atom is -0.385 e. The number of rotatable bonds is 23. The number of ether oxygens (including phenoxy) is 6. The molecule has 0 saturated carbocycles. The highest BCUT2D eigenvalue weighted by Gasteiger charge is 2.47. The lowest BCUT2D eigenvalue weighted by Gasteiger charge is -2.16. The standard InChI is InChI=1S/C23H40N5O12PS/c24-3-1-4-34-6-8-36-10-12-38-13-11-37-9-7-35-5-2-14-42-21-17-20(25-15-26-21)28(16-27-17)22-18(29)19(30)23(39-22)40-41(31,32)33/h15-16,18-19,22-23,29-30H,1-14,24H2,(H2,31,32,33). The Bertz CT molecular complexity index is 1080. The van der Waals surface area contributed by atoms with E-state index in [1.807, 2.05) is 0 Å². The normalized spacial score (nSPS) is 21.1. The molecule has 4 atom stereocenters. The molecule has 2 aromatic heterocycles. The first kappa shape index (κ1) is 35.1. The number of nitrogens with two attached hydrogens (primary N) is 1. The van der Waals surface area contributed by atoms with Crippen molar-refractivity contribution in [2.24, 2.45) is 5.73 Å². The van der Waals surface area contributed by atoms with Crippen LogP contribution in [0.15, 0.2) is 17.7 Å². The molecule has 0 aromatic carbocycles. The third-order valence-electron chi connectivity index (χ3n) is 5.69. The SMILES string of the molecule is NCCCOCCOCCOCCOCCOCCCSc1ncnc2c1ncn2C1OC(OP(=O)(O)O)C(O)C1O. The summed E-state index contributed by atoms with van der Waals surface area (Å²) in [5, 5.41) is 21.0.